The van der Waals surface area contributed by atoms with E-state index < -0.39 is 0 Å². The van der Waals surface area contributed by atoms with Crippen molar-refractivity contribution < 1.29 is 0 Å². The number of halogens is 2. The summed E-state index contributed by atoms with van der Waals surface area (Å²) in [5.74, 6) is 0. The van der Waals surface area contributed by atoms with Crippen LogP contribution in [0.3, 0.4) is 0 Å². The number of hydrogen-bond acceptors (Lipinski definition) is 0. The van der Waals surface area contributed by atoms with E-state index in [0.29, 0.717) is 0 Å². The minimum atomic E-state index is 0.250. The van der Waals surface area contributed by atoms with Gasteiger partial charge in [0, 0.05) is 4.47 Å². The summed E-state index contributed by atoms with van der Waals surface area (Å²) >= 11 is 7.42. The zero-order chi connectivity index (χ0) is 14.2. The lowest BCUT2D eigenvalue weighted by Crippen LogP contribution is -2.00. The highest BCUT2D eigenvalue weighted by Gasteiger charge is 2.16. The topological polar surface area (TPSA) is 0 Å². The lowest BCUT2D eigenvalue weighted by Gasteiger charge is -2.18. The average Bonchev–Trinajstić information content (AvgIpc) is 2.31. The molecule has 0 aliphatic carbocycles. The summed E-state index contributed by atoms with van der Waals surface area (Å²) < 4.78 is 1.16. The third-order valence-electron chi connectivity index (χ3n) is 3.47. The molecular formula is C17H18Br2. The zero-order valence-corrected chi connectivity index (χ0v) is 14.9. The smallest absolute Gasteiger partial charge is 0.0649 e. The van der Waals surface area contributed by atoms with Crippen molar-refractivity contribution >= 4 is 31.9 Å². The van der Waals surface area contributed by atoms with Crippen molar-refractivity contribution in [3.05, 3.63) is 68.2 Å². The fourth-order valence-corrected chi connectivity index (χ4v) is 3.84. The minimum Gasteiger partial charge on any atom is -0.0786 e. The molecule has 100 valence electrons. The Hall–Kier alpha value is -0.600. The quantitative estimate of drug-likeness (QED) is 0.546. The third kappa shape index (κ3) is 3.11. The van der Waals surface area contributed by atoms with Gasteiger partial charge in [-0.05, 0) is 61.6 Å². The van der Waals surface area contributed by atoms with Crippen LogP contribution < -0.4 is 0 Å². The van der Waals surface area contributed by atoms with Crippen molar-refractivity contribution in [2.24, 2.45) is 0 Å². The Morgan fingerprint density at radius 2 is 1.42 bits per heavy atom. The minimum absolute atomic E-state index is 0.250. The molecule has 1 atom stereocenters. The van der Waals surface area contributed by atoms with E-state index in [1.807, 2.05) is 0 Å². The Morgan fingerprint density at radius 3 is 1.95 bits per heavy atom. The molecule has 2 aromatic carbocycles. The average molecular weight is 382 g/mol. The van der Waals surface area contributed by atoms with Gasteiger partial charge in [-0.1, -0.05) is 61.7 Å². The molecule has 0 aromatic heterocycles. The molecule has 0 saturated heterocycles. The van der Waals surface area contributed by atoms with Crippen LogP contribution in [0.15, 0.2) is 34.8 Å². The molecule has 0 aliphatic heterocycles. The molecule has 2 heteroatoms. The lowest BCUT2D eigenvalue weighted by molar-refractivity contribution is 1.09. The highest BCUT2D eigenvalue weighted by Crippen LogP contribution is 2.36. The van der Waals surface area contributed by atoms with Crippen LogP contribution in [0.25, 0.3) is 0 Å². The summed E-state index contributed by atoms with van der Waals surface area (Å²) in [6, 6.07) is 11.0. The maximum Gasteiger partial charge on any atom is 0.0649 e. The standard InChI is InChI=1S/C17H18Br2/c1-10-7-12(3)16(13(4)8-10)17(19)14-5-6-15(18)11(2)9-14/h5-9,17H,1-4H3. The highest BCUT2D eigenvalue weighted by molar-refractivity contribution is 9.10. The summed E-state index contributed by atoms with van der Waals surface area (Å²) in [4.78, 5) is 0.250. The van der Waals surface area contributed by atoms with Gasteiger partial charge in [0.05, 0.1) is 4.83 Å². The van der Waals surface area contributed by atoms with E-state index in [2.05, 4.69) is 89.9 Å². The second-order valence-electron chi connectivity index (χ2n) is 5.18. The first kappa shape index (κ1) is 14.8. The first-order valence-electron chi connectivity index (χ1n) is 6.38. The van der Waals surface area contributed by atoms with Crippen LogP contribution in [-0.2, 0) is 0 Å². The molecule has 19 heavy (non-hydrogen) atoms. The molecule has 0 heterocycles. The van der Waals surface area contributed by atoms with Gasteiger partial charge >= 0.3 is 0 Å². The van der Waals surface area contributed by atoms with E-state index in [1.165, 1.54) is 33.4 Å². The summed E-state index contributed by atoms with van der Waals surface area (Å²) in [5, 5.41) is 0. The molecule has 0 saturated carbocycles. The largest absolute Gasteiger partial charge is 0.0786 e. The van der Waals surface area contributed by atoms with Gasteiger partial charge in [-0.15, -0.1) is 0 Å². The van der Waals surface area contributed by atoms with E-state index in [9.17, 15) is 0 Å². The van der Waals surface area contributed by atoms with Gasteiger partial charge in [-0.3, -0.25) is 0 Å². The molecule has 1 unspecified atom stereocenters. The predicted molar refractivity (Wildman–Crippen MR) is 90.3 cm³/mol. The van der Waals surface area contributed by atoms with Crippen molar-refractivity contribution in [3.8, 4) is 0 Å². The molecule has 0 fully saturated rings. The molecule has 2 aromatic rings. The molecule has 0 N–H and O–H groups in total. The van der Waals surface area contributed by atoms with Gasteiger partial charge in [-0.25, -0.2) is 0 Å². The monoisotopic (exact) mass is 380 g/mol. The first-order valence-corrected chi connectivity index (χ1v) is 8.09. The number of hydrogen-bond donors (Lipinski definition) is 0. The number of rotatable bonds is 2. The lowest BCUT2D eigenvalue weighted by atomic mass is 9.93. The Morgan fingerprint density at radius 1 is 0.842 bits per heavy atom. The van der Waals surface area contributed by atoms with Gasteiger partial charge in [0.1, 0.15) is 0 Å². The normalized spacial score (nSPS) is 12.5. The molecule has 2 rings (SSSR count). The molecule has 0 spiro atoms. The zero-order valence-electron chi connectivity index (χ0n) is 11.7. The van der Waals surface area contributed by atoms with Gasteiger partial charge in [0.15, 0.2) is 0 Å². The van der Waals surface area contributed by atoms with Gasteiger partial charge in [0.2, 0.25) is 0 Å². The second kappa shape index (κ2) is 5.80. The van der Waals surface area contributed by atoms with Crippen molar-refractivity contribution in [1.29, 1.82) is 0 Å². The predicted octanol–water partition coefficient (Wildman–Crippen LogP) is 6.17. The number of alkyl halides is 1. The van der Waals surface area contributed by atoms with E-state index in [4.69, 9.17) is 0 Å². The van der Waals surface area contributed by atoms with Crippen LogP contribution in [0.1, 0.15) is 38.2 Å². The third-order valence-corrected chi connectivity index (χ3v) is 5.34. The maximum atomic E-state index is 3.86. The van der Waals surface area contributed by atoms with Crippen LogP contribution in [0.2, 0.25) is 0 Å². The second-order valence-corrected chi connectivity index (χ2v) is 6.95. The van der Waals surface area contributed by atoms with E-state index >= 15 is 0 Å². The van der Waals surface area contributed by atoms with Crippen LogP contribution in [-0.4, -0.2) is 0 Å². The Bertz CT molecular complexity index is 592. The van der Waals surface area contributed by atoms with Crippen LogP contribution in [0.5, 0.6) is 0 Å². The van der Waals surface area contributed by atoms with Gasteiger partial charge in [-0.2, -0.15) is 0 Å². The SMILES string of the molecule is Cc1cc(C)c(C(Br)c2ccc(Br)c(C)c2)c(C)c1. The molecule has 0 amide bonds. The maximum absolute atomic E-state index is 3.86. The Labute approximate surface area is 132 Å². The Balaban J connectivity index is 2.49. The number of aryl methyl sites for hydroxylation is 4. The van der Waals surface area contributed by atoms with Crippen LogP contribution in [0.4, 0.5) is 0 Å². The summed E-state index contributed by atoms with van der Waals surface area (Å²) in [7, 11) is 0. The molecule has 0 aliphatic rings. The molecule has 0 bridgehead atoms. The molecular weight excluding hydrogens is 364 g/mol. The van der Waals surface area contributed by atoms with Crippen molar-refractivity contribution in [2.75, 3.05) is 0 Å². The number of benzene rings is 2. The fourth-order valence-electron chi connectivity index (χ4n) is 2.58. The summed E-state index contributed by atoms with van der Waals surface area (Å²) in [5.41, 5.74) is 7.97. The van der Waals surface area contributed by atoms with E-state index in [-0.39, 0.29) is 4.83 Å². The summed E-state index contributed by atoms with van der Waals surface area (Å²) in [6.45, 7) is 8.66. The Kier molecular flexibility index (Phi) is 4.52. The van der Waals surface area contributed by atoms with Gasteiger partial charge < -0.3 is 0 Å². The molecule has 0 radical (unpaired) electrons. The highest BCUT2D eigenvalue weighted by atomic mass is 79.9. The van der Waals surface area contributed by atoms with Crippen molar-refractivity contribution in [3.63, 3.8) is 0 Å². The van der Waals surface area contributed by atoms with E-state index in [1.54, 1.807) is 0 Å². The van der Waals surface area contributed by atoms with Crippen LogP contribution >= 0.6 is 31.9 Å². The van der Waals surface area contributed by atoms with E-state index in [0.717, 1.165) is 4.47 Å². The summed E-state index contributed by atoms with van der Waals surface area (Å²) in [6.07, 6.45) is 0. The van der Waals surface area contributed by atoms with Crippen molar-refractivity contribution in [2.45, 2.75) is 32.5 Å². The molecule has 0 nitrogen and oxygen atoms in total. The van der Waals surface area contributed by atoms with Gasteiger partial charge in [0.25, 0.3) is 0 Å². The first-order chi connectivity index (χ1) is 8.90. The van der Waals surface area contributed by atoms with Crippen LogP contribution in [0, 0.1) is 27.7 Å². The van der Waals surface area contributed by atoms with Crippen molar-refractivity contribution in [1.82, 2.24) is 0 Å². The fraction of sp³-hybridized carbons (Fsp3) is 0.294.